The summed E-state index contributed by atoms with van der Waals surface area (Å²) in [4.78, 5) is 18.2. The summed E-state index contributed by atoms with van der Waals surface area (Å²) in [5.41, 5.74) is 0.342. The Bertz CT molecular complexity index is 814. The molecule has 144 valence electrons. The fourth-order valence-corrected chi connectivity index (χ4v) is 3.09. The van der Waals surface area contributed by atoms with Gasteiger partial charge in [0.25, 0.3) is 5.91 Å². The lowest BCUT2D eigenvalue weighted by Gasteiger charge is -2.33. The maximum Gasteiger partial charge on any atom is 0.417 e. The number of nitrogens with zero attached hydrogens (tertiary/aromatic N) is 2. The van der Waals surface area contributed by atoms with Gasteiger partial charge in [0.1, 0.15) is 11.6 Å². The Morgan fingerprint density at radius 3 is 2.52 bits per heavy atom. The first kappa shape index (κ1) is 19.0. The highest BCUT2D eigenvalue weighted by atomic mass is 19.4. The van der Waals surface area contributed by atoms with Crippen molar-refractivity contribution in [3.05, 3.63) is 53.2 Å². The smallest absolute Gasteiger partial charge is 0.417 e. The zero-order valence-corrected chi connectivity index (χ0v) is 14.8. The second kappa shape index (κ2) is 7.46. The summed E-state index contributed by atoms with van der Waals surface area (Å²) in [7, 11) is 0. The molecule has 8 heteroatoms. The summed E-state index contributed by atoms with van der Waals surface area (Å²) in [6.07, 6.45) is -2.28. The van der Waals surface area contributed by atoms with Crippen molar-refractivity contribution in [1.82, 2.24) is 10.3 Å². The van der Waals surface area contributed by atoms with Gasteiger partial charge in [0, 0.05) is 25.3 Å². The zero-order chi connectivity index (χ0) is 19.6. The molecule has 0 unspecified atom stereocenters. The van der Waals surface area contributed by atoms with Crippen LogP contribution >= 0.6 is 0 Å². The number of hydrogen-bond donors (Lipinski definition) is 2. The van der Waals surface area contributed by atoms with E-state index in [1.54, 1.807) is 12.1 Å². The van der Waals surface area contributed by atoms with Crippen LogP contribution < -0.4 is 10.2 Å². The van der Waals surface area contributed by atoms with E-state index in [0.717, 1.165) is 17.8 Å². The Labute approximate surface area is 154 Å². The van der Waals surface area contributed by atoms with Crippen LogP contribution in [0.2, 0.25) is 0 Å². The van der Waals surface area contributed by atoms with Crippen LogP contribution in [0.25, 0.3) is 0 Å². The highest BCUT2D eigenvalue weighted by molar-refractivity contribution is 5.97. The molecule has 5 nitrogen and oxygen atoms in total. The molecule has 0 aliphatic carbocycles. The summed E-state index contributed by atoms with van der Waals surface area (Å²) >= 11 is 0. The van der Waals surface area contributed by atoms with Gasteiger partial charge in [-0.2, -0.15) is 13.2 Å². The zero-order valence-electron chi connectivity index (χ0n) is 14.8. The van der Waals surface area contributed by atoms with E-state index in [4.69, 9.17) is 0 Å². The molecule has 0 radical (unpaired) electrons. The largest absolute Gasteiger partial charge is 0.507 e. The highest BCUT2D eigenvalue weighted by Gasteiger charge is 2.31. The van der Waals surface area contributed by atoms with E-state index in [-0.39, 0.29) is 23.3 Å². The topological polar surface area (TPSA) is 65.5 Å². The number of aromatic nitrogens is 1. The number of aromatic hydroxyl groups is 1. The van der Waals surface area contributed by atoms with Crippen molar-refractivity contribution in [2.24, 2.45) is 0 Å². The first-order chi connectivity index (χ1) is 12.7. The first-order valence-corrected chi connectivity index (χ1v) is 8.63. The van der Waals surface area contributed by atoms with Gasteiger partial charge in [0.15, 0.2) is 0 Å². The summed E-state index contributed by atoms with van der Waals surface area (Å²) in [6.45, 7) is 2.98. The monoisotopic (exact) mass is 379 g/mol. The van der Waals surface area contributed by atoms with E-state index < -0.39 is 11.7 Å². The average molecular weight is 379 g/mol. The number of carbonyl (C=O) groups excluding carboxylic acids is 1. The van der Waals surface area contributed by atoms with E-state index in [9.17, 15) is 23.1 Å². The third-order valence-electron chi connectivity index (χ3n) is 4.63. The fourth-order valence-electron chi connectivity index (χ4n) is 3.09. The molecule has 1 aliphatic heterocycles. The SMILES string of the molecule is Cc1ccc(O)c(C(=O)NC2CCN(c3ccc(C(F)(F)F)cn3)CC2)c1. The van der Waals surface area contributed by atoms with Crippen LogP contribution in [-0.4, -0.2) is 35.1 Å². The van der Waals surface area contributed by atoms with Gasteiger partial charge in [0.05, 0.1) is 11.1 Å². The van der Waals surface area contributed by atoms with Gasteiger partial charge in [-0.1, -0.05) is 11.6 Å². The van der Waals surface area contributed by atoms with Crippen molar-refractivity contribution in [3.63, 3.8) is 0 Å². The van der Waals surface area contributed by atoms with Crippen LogP contribution in [0.4, 0.5) is 19.0 Å². The third-order valence-corrected chi connectivity index (χ3v) is 4.63. The number of phenols is 1. The third kappa shape index (κ3) is 4.50. The molecule has 1 aromatic heterocycles. The lowest BCUT2D eigenvalue weighted by molar-refractivity contribution is -0.137. The van der Waals surface area contributed by atoms with Crippen LogP contribution in [0.3, 0.4) is 0 Å². The second-order valence-corrected chi connectivity index (χ2v) is 6.66. The number of hydrogen-bond acceptors (Lipinski definition) is 4. The van der Waals surface area contributed by atoms with Gasteiger partial charge in [-0.3, -0.25) is 4.79 Å². The Kier molecular flexibility index (Phi) is 5.25. The number of benzene rings is 1. The van der Waals surface area contributed by atoms with Crippen molar-refractivity contribution in [2.45, 2.75) is 32.0 Å². The predicted octanol–water partition coefficient (Wildman–Crippen LogP) is 3.51. The van der Waals surface area contributed by atoms with Crippen molar-refractivity contribution in [2.75, 3.05) is 18.0 Å². The minimum absolute atomic E-state index is 0.0653. The number of carbonyl (C=O) groups is 1. The van der Waals surface area contributed by atoms with E-state index in [0.29, 0.717) is 31.7 Å². The molecule has 1 saturated heterocycles. The van der Waals surface area contributed by atoms with Crippen LogP contribution in [0.1, 0.15) is 34.3 Å². The molecule has 1 amide bonds. The molecule has 2 heterocycles. The lowest BCUT2D eigenvalue weighted by atomic mass is 10.0. The lowest BCUT2D eigenvalue weighted by Crippen LogP contribution is -2.45. The van der Waals surface area contributed by atoms with Crippen molar-refractivity contribution >= 4 is 11.7 Å². The number of pyridine rings is 1. The molecule has 1 aliphatic rings. The highest BCUT2D eigenvalue weighted by Crippen LogP contribution is 2.30. The summed E-state index contributed by atoms with van der Waals surface area (Å²) in [5.74, 6) is 0.0934. The molecule has 27 heavy (non-hydrogen) atoms. The molecule has 0 bridgehead atoms. The molecule has 3 rings (SSSR count). The quantitative estimate of drug-likeness (QED) is 0.857. The predicted molar refractivity (Wildman–Crippen MR) is 94.8 cm³/mol. The number of nitrogens with one attached hydrogen (secondary N) is 1. The standard InChI is InChI=1S/C19H20F3N3O2/c1-12-2-4-16(26)15(10-12)18(27)24-14-6-8-25(9-7-14)17-5-3-13(11-23-17)19(20,21)22/h2-5,10-11,14,26H,6-9H2,1H3,(H,24,27). The van der Waals surface area contributed by atoms with Crippen molar-refractivity contribution in [3.8, 4) is 5.75 Å². The van der Waals surface area contributed by atoms with Gasteiger partial charge < -0.3 is 15.3 Å². The minimum atomic E-state index is -4.40. The molecule has 0 spiro atoms. The Balaban J connectivity index is 1.57. The number of amides is 1. The first-order valence-electron chi connectivity index (χ1n) is 8.63. The van der Waals surface area contributed by atoms with Gasteiger partial charge in [-0.25, -0.2) is 4.98 Å². The molecular formula is C19H20F3N3O2. The Morgan fingerprint density at radius 1 is 1.22 bits per heavy atom. The van der Waals surface area contributed by atoms with E-state index >= 15 is 0 Å². The van der Waals surface area contributed by atoms with Crippen LogP contribution in [-0.2, 0) is 6.18 Å². The maximum absolute atomic E-state index is 12.6. The summed E-state index contributed by atoms with van der Waals surface area (Å²) < 4.78 is 37.8. The van der Waals surface area contributed by atoms with Crippen LogP contribution in [0, 0.1) is 6.92 Å². The molecule has 2 N–H and O–H groups in total. The molecule has 1 fully saturated rings. The maximum atomic E-state index is 12.6. The Morgan fingerprint density at radius 2 is 1.93 bits per heavy atom. The molecule has 0 saturated carbocycles. The number of halogens is 3. The minimum Gasteiger partial charge on any atom is -0.507 e. The number of piperidine rings is 1. The summed E-state index contributed by atoms with van der Waals surface area (Å²) in [5, 5.41) is 12.8. The van der Waals surface area contributed by atoms with E-state index in [2.05, 4.69) is 10.3 Å². The average Bonchev–Trinajstić information content (AvgIpc) is 2.63. The summed E-state index contributed by atoms with van der Waals surface area (Å²) in [6, 6.07) is 7.17. The second-order valence-electron chi connectivity index (χ2n) is 6.66. The van der Waals surface area contributed by atoms with Gasteiger partial charge in [-0.05, 0) is 44.0 Å². The Hall–Kier alpha value is -2.77. The number of alkyl halides is 3. The number of phenolic OH excluding ortho intramolecular Hbond substituents is 1. The molecule has 2 aromatic rings. The number of anilines is 1. The van der Waals surface area contributed by atoms with Crippen molar-refractivity contribution in [1.29, 1.82) is 0 Å². The molecule has 0 atom stereocenters. The van der Waals surface area contributed by atoms with Gasteiger partial charge in [-0.15, -0.1) is 0 Å². The molecule has 1 aromatic carbocycles. The van der Waals surface area contributed by atoms with Crippen molar-refractivity contribution < 1.29 is 23.1 Å². The van der Waals surface area contributed by atoms with E-state index in [1.807, 2.05) is 11.8 Å². The molecular weight excluding hydrogens is 359 g/mol. The van der Waals surface area contributed by atoms with Gasteiger partial charge >= 0.3 is 6.18 Å². The number of rotatable bonds is 3. The fraction of sp³-hybridized carbons (Fsp3) is 0.368. The van der Waals surface area contributed by atoms with Crippen LogP contribution in [0.5, 0.6) is 5.75 Å². The normalized spacial score (nSPS) is 15.6. The van der Waals surface area contributed by atoms with E-state index in [1.165, 1.54) is 12.1 Å². The number of aryl methyl sites for hydroxylation is 1. The van der Waals surface area contributed by atoms with Crippen LogP contribution in [0.15, 0.2) is 36.5 Å². The van der Waals surface area contributed by atoms with Gasteiger partial charge in [0.2, 0.25) is 0 Å².